The molecule has 0 amide bonds. The molecule has 0 nitrogen and oxygen atoms in total. The lowest BCUT2D eigenvalue weighted by Crippen LogP contribution is -2.04. The molecule has 0 heterocycles. The summed E-state index contributed by atoms with van der Waals surface area (Å²) < 4.78 is 0. The second kappa shape index (κ2) is 8.90. The Balaban J connectivity index is 1.35. The quantitative estimate of drug-likeness (QED) is 0.462. The van der Waals surface area contributed by atoms with Gasteiger partial charge in [-0.3, -0.25) is 0 Å². The van der Waals surface area contributed by atoms with Crippen molar-refractivity contribution in [2.45, 2.75) is 89.4 Å². The van der Waals surface area contributed by atoms with Crippen molar-refractivity contribution >= 4 is 6.08 Å². The van der Waals surface area contributed by atoms with Gasteiger partial charge in [0.2, 0.25) is 0 Å². The van der Waals surface area contributed by atoms with Gasteiger partial charge in [-0.05, 0) is 65.3 Å². The molecule has 5 rings (SSSR count). The smallest absolute Gasteiger partial charge is 0.00575 e. The molecule has 0 unspecified atom stereocenters. The summed E-state index contributed by atoms with van der Waals surface area (Å²) in [7, 11) is 0. The topological polar surface area (TPSA) is 0 Å². The molecule has 152 valence electrons. The fourth-order valence-electron chi connectivity index (χ4n) is 6.13. The zero-order valence-electron chi connectivity index (χ0n) is 18.0. The van der Waals surface area contributed by atoms with Gasteiger partial charge in [0, 0.05) is 0 Å². The number of fused-ring (bicyclic) bond motifs is 1. The number of rotatable bonds is 4. The van der Waals surface area contributed by atoms with E-state index in [1.165, 1.54) is 100 Å². The number of benzene rings is 2. The zero-order valence-corrected chi connectivity index (χ0v) is 18.0. The average molecular weight is 385 g/mol. The highest BCUT2D eigenvalue weighted by Crippen LogP contribution is 2.39. The van der Waals surface area contributed by atoms with Crippen LogP contribution in [0.5, 0.6) is 0 Å². The third-order valence-corrected chi connectivity index (χ3v) is 7.79. The average Bonchev–Trinajstić information content (AvgIpc) is 3.01. The van der Waals surface area contributed by atoms with Crippen LogP contribution in [0.15, 0.2) is 48.0 Å². The highest BCUT2D eigenvalue weighted by molar-refractivity contribution is 5.80. The van der Waals surface area contributed by atoms with E-state index >= 15 is 0 Å². The van der Waals surface area contributed by atoms with Crippen LogP contribution in [0.3, 0.4) is 0 Å². The summed E-state index contributed by atoms with van der Waals surface area (Å²) in [6, 6.07) is 16.6. The molecule has 3 aliphatic carbocycles. The van der Waals surface area contributed by atoms with Crippen molar-refractivity contribution in [2.75, 3.05) is 0 Å². The van der Waals surface area contributed by atoms with Gasteiger partial charge in [-0.1, -0.05) is 112 Å². The molecule has 2 aromatic carbocycles. The van der Waals surface area contributed by atoms with Crippen molar-refractivity contribution in [3.05, 3.63) is 64.7 Å². The Hall–Kier alpha value is -1.82. The minimum absolute atomic E-state index is 0.797. The Morgan fingerprint density at radius 3 is 2.14 bits per heavy atom. The summed E-state index contributed by atoms with van der Waals surface area (Å²) in [6.45, 7) is 0. The van der Waals surface area contributed by atoms with Crippen molar-refractivity contribution in [3.8, 4) is 11.1 Å². The predicted molar refractivity (Wildman–Crippen MR) is 125 cm³/mol. The summed E-state index contributed by atoms with van der Waals surface area (Å²) >= 11 is 0. The van der Waals surface area contributed by atoms with Crippen LogP contribution < -0.4 is 0 Å². The van der Waals surface area contributed by atoms with Crippen LogP contribution in [0, 0.1) is 5.92 Å². The Bertz CT molecular complexity index is 840. The van der Waals surface area contributed by atoms with Gasteiger partial charge in [0.1, 0.15) is 0 Å². The van der Waals surface area contributed by atoms with Crippen molar-refractivity contribution in [1.29, 1.82) is 0 Å². The molecule has 0 heteroatoms. The maximum Gasteiger partial charge on any atom is -0.00575 e. The van der Waals surface area contributed by atoms with Crippen LogP contribution in [0.4, 0.5) is 0 Å². The highest BCUT2D eigenvalue weighted by atomic mass is 14.3. The molecule has 3 aliphatic rings. The minimum Gasteiger partial charge on any atom is -0.0649 e. The van der Waals surface area contributed by atoms with Gasteiger partial charge in [-0.25, -0.2) is 0 Å². The summed E-state index contributed by atoms with van der Waals surface area (Å²) in [4.78, 5) is 0. The first kappa shape index (κ1) is 19.2. The minimum atomic E-state index is 0.797. The third-order valence-electron chi connectivity index (χ3n) is 7.79. The molecule has 0 spiro atoms. The van der Waals surface area contributed by atoms with E-state index in [4.69, 9.17) is 0 Å². The largest absolute Gasteiger partial charge is 0.0649 e. The number of hydrogen-bond donors (Lipinski definition) is 0. The highest BCUT2D eigenvalue weighted by Gasteiger charge is 2.21. The van der Waals surface area contributed by atoms with Gasteiger partial charge in [-0.15, -0.1) is 0 Å². The fraction of sp³-hybridized carbons (Fsp3) is 0.517. The summed E-state index contributed by atoms with van der Waals surface area (Å²) in [6.07, 6.45) is 20.8. The Morgan fingerprint density at radius 2 is 1.38 bits per heavy atom. The maximum atomic E-state index is 2.55. The van der Waals surface area contributed by atoms with Crippen molar-refractivity contribution in [3.63, 3.8) is 0 Å². The fourth-order valence-corrected chi connectivity index (χ4v) is 6.13. The maximum absolute atomic E-state index is 2.55. The van der Waals surface area contributed by atoms with E-state index in [-0.39, 0.29) is 0 Å². The van der Waals surface area contributed by atoms with Crippen molar-refractivity contribution in [2.24, 2.45) is 5.92 Å². The van der Waals surface area contributed by atoms with E-state index in [0.717, 1.165) is 11.8 Å². The molecule has 2 aromatic rings. The molecular weight excluding hydrogens is 348 g/mol. The zero-order chi connectivity index (χ0) is 19.5. The Labute approximate surface area is 177 Å². The standard InChI is InChI=1S/C29H36/c1-2-5-10-22(9-4-1)19-23-20-27-13-8-14-28(29(27)21-23)26-17-15-25(16-18-26)24-11-6-3-7-12-24/h8,13-18,21-22,24H,1-7,9-12,19-20H2. The second-order valence-electron chi connectivity index (χ2n) is 9.88. The summed E-state index contributed by atoms with van der Waals surface area (Å²) in [5.41, 5.74) is 9.12. The molecule has 0 aromatic heterocycles. The van der Waals surface area contributed by atoms with E-state index in [2.05, 4.69) is 48.5 Å². The Kier molecular flexibility index (Phi) is 5.88. The van der Waals surface area contributed by atoms with Gasteiger partial charge in [0.25, 0.3) is 0 Å². The lowest BCUT2D eigenvalue weighted by molar-refractivity contribution is 0.443. The molecule has 2 fully saturated rings. The summed E-state index contributed by atoms with van der Waals surface area (Å²) in [5, 5.41) is 0. The SMILES string of the molecule is C1=C(CC2CCCCCC2)Cc2cccc(-c3ccc(C4CCCCC4)cc3)c21. The molecule has 2 saturated carbocycles. The van der Waals surface area contributed by atoms with Crippen LogP contribution in [-0.2, 0) is 6.42 Å². The van der Waals surface area contributed by atoms with E-state index in [1.807, 2.05) is 0 Å². The van der Waals surface area contributed by atoms with E-state index in [0.29, 0.717) is 0 Å². The van der Waals surface area contributed by atoms with Crippen LogP contribution in [-0.4, -0.2) is 0 Å². The van der Waals surface area contributed by atoms with E-state index < -0.39 is 0 Å². The van der Waals surface area contributed by atoms with Gasteiger partial charge in [0.05, 0.1) is 0 Å². The van der Waals surface area contributed by atoms with Gasteiger partial charge in [0.15, 0.2) is 0 Å². The predicted octanol–water partition coefficient (Wildman–Crippen LogP) is 8.70. The van der Waals surface area contributed by atoms with Gasteiger partial charge in [-0.2, -0.15) is 0 Å². The van der Waals surface area contributed by atoms with Crippen LogP contribution in [0.25, 0.3) is 17.2 Å². The second-order valence-corrected chi connectivity index (χ2v) is 9.88. The molecule has 0 N–H and O–H groups in total. The lowest BCUT2D eigenvalue weighted by atomic mass is 9.83. The molecule has 0 radical (unpaired) electrons. The van der Waals surface area contributed by atoms with Gasteiger partial charge < -0.3 is 0 Å². The van der Waals surface area contributed by atoms with Crippen LogP contribution in [0.1, 0.15) is 99.7 Å². The normalized spacial score (nSPS) is 20.9. The monoisotopic (exact) mass is 384 g/mol. The summed E-state index contributed by atoms with van der Waals surface area (Å²) in [5.74, 6) is 1.72. The number of hydrogen-bond acceptors (Lipinski definition) is 0. The number of allylic oxidation sites excluding steroid dienone is 1. The van der Waals surface area contributed by atoms with Crippen LogP contribution >= 0.6 is 0 Å². The first-order valence-corrected chi connectivity index (χ1v) is 12.3. The molecule has 0 bridgehead atoms. The van der Waals surface area contributed by atoms with E-state index in [9.17, 15) is 0 Å². The molecule has 0 aliphatic heterocycles. The van der Waals surface area contributed by atoms with Crippen molar-refractivity contribution < 1.29 is 0 Å². The van der Waals surface area contributed by atoms with Crippen LogP contribution in [0.2, 0.25) is 0 Å². The van der Waals surface area contributed by atoms with Gasteiger partial charge >= 0.3 is 0 Å². The van der Waals surface area contributed by atoms with E-state index in [1.54, 1.807) is 16.7 Å². The third kappa shape index (κ3) is 4.37. The Morgan fingerprint density at radius 1 is 0.690 bits per heavy atom. The molecule has 0 atom stereocenters. The molecule has 29 heavy (non-hydrogen) atoms. The molecule has 0 saturated heterocycles. The first-order valence-electron chi connectivity index (χ1n) is 12.3. The van der Waals surface area contributed by atoms with Crippen molar-refractivity contribution in [1.82, 2.24) is 0 Å². The lowest BCUT2D eigenvalue weighted by Gasteiger charge is -2.22. The molecular formula is C29H36. The first-order chi connectivity index (χ1) is 14.4.